The number of carbonyl (C=O) groups excluding carboxylic acids is 2. The summed E-state index contributed by atoms with van der Waals surface area (Å²) in [7, 11) is 1.21. The van der Waals surface area contributed by atoms with Crippen molar-refractivity contribution in [3.8, 4) is 0 Å². The van der Waals surface area contributed by atoms with E-state index in [4.69, 9.17) is 18.9 Å². The number of alkyl halides is 1. The summed E-state index contributed by atoms with van der Waals surface area (Å²) in [4.78, 5) is 24.2. The summed E-state index contributed by atoms with van der Waals surface area (Å²) >= 11 is 0. The molecule has 2 aromatic rings. The Kier molecular flexibility index (Phi) is 6.03. The maximum Gasteiger partial charge on any atom is 0.338 e. The molecule has 1 aliphatic heterocycles. The lowest BCUT2D eigenvalue weighted by molar-refractivity contribution is -0.184. The van der Waals surface area contributed by atoms with Crippen LogP contribution in [0.25, 0.3) is 0 Å². The molecule has 28 heavy (non-hydrogen) atoms. The van der Waals surface area contributed by atoms with Gasteiger partial charge in [0.15, 0.2) is 6.10 Å². The molecule has 8 heteroatoms. The quantitative estimate of drug-likeness (QED) is 0.756. The van der Waals surface area contributed by atoms with Crippen molar-refractivity contribution < 1.29 is 38.0 Å². The topological polar surface area (TPSA) is 91.3 Å². The Morgan fingerprint density at radius 3 is 2.11 bits per heavy atom. The molecular weight excluding hydrogens is 371 g/mol. The van der Waals surface area contributed by atoms with Crippen molar-refractivity contribution in [2.24, 2.45) is 0 Å². The molecule has 1 heterocycles. The predicted molar refractivity (Wildman–Crippen MR) is 94.1 cm³/mol. The first-order valence-electron chi connectivity index (χ1n) is 8.51. The molecule has 4 atom stereocenters. The third-order valence-electron chi connectivity index (χ3n) is 4.25. The fourth-order valence-electron chi connectivity index (χ4n) is 2.74. The maximum atomic E-state index is 15.0. The van der Waals surface area contributed by atoms with Crippen LogP contribution in [0.2, 0.25) is 0 Å². The molecule has 0 saturated carbocycles. The Labute approximate surface area is 160 Å². The van der Waals surface area contributed by atoms with Crippen molar-refractivity contribution in [2.75, 3.05) is 13.7 Å². The first kappa shape index (κ1) is 19.9. The summed E-state index contributed by atoms with van der Waals surface area (Å²) in [5, 5.41) is 10.3. The van der Waals surface area contributed by atoms with Crippen molar-refractivity contribution in [1.82, 2.24) is 0 Å². The average molecular weight is 390 g/mol. The SMILES string of the molecule is CO[C@@H]1O[C@H](COC(=O)c2ccccc2)[C@](O)(F)[C@H]1OC(=O)c1ccccc1. The minimum atomic E-state index is -3.12. The molecule has 0 aliphatic carbocycles. The summed E-state index contributed by atoms with van der Waals surface area (Å²) < 4.78 is 35.3. The molecule has 1 saturated heterocycles. The van der Waals surface area contributed by atoms with E-state index < -0.39 is 42.9 Å². The van der Waals surface area contributed by atoms with Gasteiger partial charge in [0, 0.05) is 7.11 Å². The lowest BCUT2D eigenvalue weighted by Gasteiger charge is -2.25. The third-order valence-corrected chi connectivity index (χ3v) is 4.25. The number of halogens is 1. The van der Waals surface area contributed by atoms with Gasteiger partial charge in [0.05, 0.1) is 11.1 Å². The maximum absolute atomic E-state index is 15.0. The van der Waals surface area contributed by atoms with Gasteiger partial charge in [-0.3, -0.25) is 0 Å². The molecule has 148 valence electrons. The van der Waals surface area contributed by atoms with Crippen molar-refractivity contribution in [2.45, 2.75) is 24.4 Å². The first-order valence-corrected chi connectivity index (χ1v) is 8.51. The Bertz CT molecular complexity index is 810. The highest BCUT2D eigenvalue weighted by molar-refractivity contribution is 5.90. The van der Waals surface area contributed by atoms with E-state index in [1.54, 1.807) is 36.4 Å². The van der Waals surface area contributed by atoms with Crippen LogP contribution in [0.15, 0.2) is 60.7 Å². The number of hydrogen-bond donors (Lipinski definition) is 1. The van der Waals surface area contributed by atoms with E-state index in [9.17, 15) is 19.1 Å². The van der Waals surface area contributed by atoms with E-state index in [2.05, 4.69) is 0 Å². The highest BCUT2D eigenvalue weighted by Crippen LogP contribution is 2.36. The highest BCUT2D eigenvalue weighted by atomic mass is 19.2. The highest BCUT2D eigenvalue weighted by Gasteiger charge is 2.60. The number of ether oxygens (including phenoxy) is 4. The number of methoxy groups -OCH3 is 1. The lowest BCUT2D eigenvalue weighted by Crippen LogP contribution is -2.48. The predicted octanol–water partition coefficient (Wildman–Crippen LogP) is 2.10. The van der Waals surface area contributed by atoms with Crippen molar-refractivity contribution in [3.63, 3.8) is 0 Å². The Morgan fingerprint density at radius 1 is 1.04 bits per heavy atom. The third kappa shape index (κ3) is 4.19. The molecule has 0 aromatic heterocycles. The second-order valence-corrected chi connectivity index (χ2v) is 6.11. The van der Waals surface area contributed by atoms with Crippen LogP contribution in [0, 0.1) is 0 Å². The Morgan fingerprint density at radius 2 is 1.57 bits per heavy atom. The van der Waals surface area contributed by atoms with E-state index in [1.165, 1.54) is 31.4 Å². The Hall–Kier alpha value is -2.81. The average Bonchev–Trinajstić information content (AvgIpc) is 2.97. The summed E-state index contributed by atoms with van der Waals surface area (Å²) in [5.41, 5.74) is 0.436. The van der Waals surface area contributed by atoms with Gasteiger partial charge in [-0.15, -0.1) is 0 Å². The van der Waals surface area contributed by atoms with Gasteiger partial charge in [0.2, 0.25) is 12.4 Å². The molecule has 1 N–H and O–H groups in total. The molecule has 0 amide bonds. The van der Waals surface area contributed by atoms with E-state index in [-0.39, 0.29) is 11.1 Å². The van der Waals surface area contributed by atoms with Gasteiger partial charge in [0.25, 0.3) is 5.85 Å². The minimum absolute atomic E-state index is 0.173. The fourth-order valence-corrected chi connectivity index (χ4v) is 2.74. The van der Waals surface area contributed by atoms with Crippen LogP contribution in [0.1, 0.15) is 20.7 Å². The van der Waals surface area contributed by atoms with Gasteiger partial charge < -0.3 is 24.1 Å². The van der Waals surface area contributed by atoms with E-state index in [0.29, 0.717) is 0 Å². The van der Waals surface area contributed by atoms with Gasteiger partial charge >= 0.3 is 11.9 Å². The molecular formula is C20H19FO7. The van der Waals surface area contributed by atoms with E-state index in [1.807, 2.05) is 0 Å². The smallest absolute Gasteiger partial charge is 0.338 e. The van der Waals surface area contributed by atoms with Gasteiger partial charge in [-0.25, -0.2) is 14.0 Å². The van der Waals surface area contributed by atoms with Crippen LogP contribution in [-0.4, -0.2) is 55.1 Å². The zero-order valence-corrected chi connectivity index (χ0v) is 15.0. The summed E-state index contributed by atoms with van der Waals surface area (Å²) in [6.07, 6.45) is -4.73. The normalized spacial score (nSPS) is 26.6. The van der Waals surface area contributed by atoms with Gasteiger partial charge in [-0.2, -0.15) is 0 Å². The van der Waals surface area contributed by atoms with Crippen LogP contribution < -0.4 is 0 Å². The summed E-state index contributed by atoms with van der Waals surface area (Å²) in [5.74, 6) is -4.69. The zero-order chi connectivity index (χ0) is 20.1. The second-order valence-electron chi connectivity index (χ2n) is 6.11. The molecule has 1 fully saturated rings. The van der Waals surface area contributed by atoms with Crippen LogP contribution in [0.3, 0.4) is 0 Å². The zero-order valence-electron chi connectivity index (χ0n) is 15.0. The van der Waals surface area contributed by atoms with Crippen LogP contribution in [0.5, 0.6) is 0 Å². The number of carbonyl (C=O) groups is 2. The molecule has 7 nitrogen and oxygen atoms in total. The van der Waals surface area contributed by atoms with Crippen LogP contribution in [0.4, 0.5) is 4.39 Å². The largest absolute Gasteiger partial charge is 0.459 e. The number of hydrogen-bond acceptors (Lipinski definition) is 7. The second kappa shape index (κ2) is 8.47. The van der Waals surface area contributed by atoms with Gasteiger partial charge in [-0.05, 0) is 24.3 Å². The lowest BCUT2D eigenvalue weighted by atomic mass is 10.1. The Balaban J connectivity index is 1.67. The number of esters is 2. The van der Waals surface area contributed by atoms with E-state index in [0.717, 1.165) is 0 Å². The molecule has 0 spiro atoms. The van der Waals surface area contributed by atoms with Gasteiger partial charge in [-0.1, -0.05) is 36.4 Å². The van der Waals surface area contributed by atoms with Crippen LogP contribution >= 0.6 is 0 Å². The fraction of sp³-hybridized carbons (Fsp3) is 0.300. The minimum Gasteiger partial charge on any atom is -0.459 e. The number of aliphatic hydroxyl groups is 1. The van der Waals surface area contributed by atoms with Crippen molar-refractivity contribution in [3.05, 3.63) is 71.8 Å². The molecule has 1 aliphatic rings. The first-order chi connectivity index (χ1) is 13.4. The monoisotopic (exact) mass is 390 g/mol. The summed E-state index contributed by atoms with van der Waals surface area (Å²) in [6, 6.07) is 16.0. The molecule has 0 bridgehead atoms. The van der Waals surface area contributed by atoms with Gasteiger partial charge in [0.1, 0.15) is 6.61 Å². The number of benzene rings is 2. The molecule has 3 rings (SSSR count). The number of rotatable bonds is 6. The standard InChI is InChI=1S/C20H19FO7/c1-25-19-16(28-18(23)14-10-6-3-7-11-14)20(21,24)15(27-19)12-26-17(22)13-8-4-2-5-9-13/h2-11,15-16,19,24H,12H2,1H3/t15-,16+,19-,20-/m1/s1. The van der Waals surface area contributed by atoms with E-state index >= 15 is 0 Å². The van der Waals surface area contributed by atoms with Crippen LogP contribution in [-0.2, 0) is 18.9 Å². The molecule has 0 unspecified atom stereocenters. The summed E-state index contributed by atoms with van der Waals surface area (Å²) in [6.45, 7) is -0.597. The van der Waals surface area contributed by atoms with Crippen molar-refractivity contribution >= 4 is 11.9 Å². The molecule has 2 aromatic carbocycles. The molecule has 0 radical (unpaired) electrons. The van der Waals surface area contributed by atoms with Crippen molar-refractivity contribution in [1.29, 1.82) is 0 Å².